The molecule has 3 aromatic carbocycles. The van der Waals surface area contributed by atoms with Gasteiger partial charge in [0.25, 0.3) is 15.9 Å². The molecular weight excluding hydrogens is 407 g/mol. The van der Waals surface area contributed by atoms with E-state index in [-0.39, 0.29) is 16.9 Å². The van der Waals surface area contributed by atoms with Gasteiger partial charge in [0.2, 0.25) is 0 Å². The highest BCUT2D eigenvalue weighted by Crippen LogP contribution is 2.27. The molecule has 1 atom stereocenters. The maximum absolute atomic E-state index is 13.0. The van der Waals surface area contributed by atoms with E-state index in [4.69, 9.17) is 4.74 Å². The van der Waals surface area contributed by atoms with Crippen molar-refractivity contribution in [2.45, 2.75) is 17.4 Å². The molecule has 2 N–H and O–H groups in total. The van der Waals surface area contributed by atoms with Crippen molar-refractivity contribution in [3.8, 4) is 5.75 Å². The van der Waals surface area contributed by atoms with E-state index in [2.05, 4.69) is 10.0 Å². The molecule has 1 aliphatic rings. The van der Waals surface area contributed by atoms with Gasteiger partial charge in [-0.3, -0.25) is 9.52 Å². The zero-order valence-electron chi connectivity index (χ0n) is 15.8. The number of hydrogen-bond donors (Lipinski definition) is 2. The number of ether oxygens (including phenoxy) is 1. The number of anilines is 1. The number of sulfonamides is 1. The second-order valence-electron chi connectivity index (χ2n) is 6.90. The predicted octanol–water partition coefficient (Wildman–Crippen LogP) is 3.36. The van der Waals surface area contributed by atoms with Crippen LogP contribution in [0.3, 0.4) is 0 Å². The Labute approximate surface area is 173 Å². The highest BCUT2D eigenvalue weighted by atomic mass is 32.2. The van der Waals surface area contributed by atoms with Crippen LogP contribution in [0.2, 0.25) is 0 Å². The van der Waals surface area contributed by atoms with Crippen LogP contribution in [-0.2, 0) is 16.4 Å². The summed E-state index contributed by atoms with van der Waals surface area (Å²) < 4.78 is 45.9. The third kappa shape index (κ3) is 4.44. The summed E-state index contributed by atoms with van der Waals surface area (Å²) in [7, 11) is -3.84. The molecule has 1 heterocycles. The highest BCUT2D eigenvalue weighted by molar-refractivity contribution is 7.92. The summed E-state index contributed by atoms with van der Waals surface area (Å²) in [5.41, 5.74) is 1.82. The Hall–Kier alpha value is -3.39. The molecule has 0 saturated heterocycles. The van der Waals surface area contributed by atoms with Crippen LogP contribution in [0.1, 0.15) is 15.9 Å². The molecule has 0 bridgehead atoms. The van der Waals surface area contributed by atoms with E-state index in [1.165, 1.54) is 36.4 Å². The van der Waals surface area contributed by atoms with Crippen LogP contribution < -0.4 is 14.8 Å². The van der Waals surface area contributed by atoms with E-state index in [0.717, 1.165) is 29.9 Å². The lowest BCUT2D eigenvalue weighted by atomic mass is 10.1. The van der Waals surface area contributed by atoms with Gasteiger partial charge in [-0.2, -0.15) is 0 Å². The SMILES string of the molecule is O=C(NCC1Cc2ccccc2O1)c1ccc(NS(=O)(=O)c2ccc(F)cc2)cc1. The van der Waals surface area contributed by atoms with Crippen molar-refractivity contribution in [2.24, 2.45) is 0 Å². The maximum Gasteiger partial charge on any atom is 0.261 e. The van der Waals surface area contributed by atoms with Gasteiger partial charge in [0, 0.05) is 17.7 Å². The maximum atomic E-state index is 13.0. The van der Waals surface area contributed by atoms with E-state index < -0.39 is 15.8 Å². The fourth-order valence-corrected chi connectivity index (χ4v) is 4.25. The first-order valence-electron chi connectivity index (χ1n) is 9.32. The smallest absolute Gasteiger partial charge is 0.261 e. The standard InChI is InChI=1S/C22H19FN2O4S/c23-17-7-11-20(12-8-17)30(27,28)25-18-9-5-15(6-10-18)22(26)24-14-19-13-16-3-1-2-4-21(16)29-19/h1-12,19,25H,13-14H2,(H,24,26). The molecule has 0 spiro atoms. The van der Waals surface area contributed by atoms with Gasteiger partial charge in [0.05, 0.1) is 11.4 Å². The quantitative estimate of drug-likeness (QED) is 0.633. The second-order valence-corrected chi connectivity index (χ2v) is 8.58. The van der Waals surface area contributed by atoms with Gasteiger partial charge in [-0.25, -0.2) is 12.8 Å². The number of para-hydroxylation sites is 1. The largest absolute Gasteiger partial charge is 0.488 e. The minimum absolute atomic E-state index is 0.0525. The number of benzene rings is 3. The molecule has 6 nitrogen and oxygen atoms in total. The van der Waals surface area contributed by atoms with Crippen LogP contribution >= 0.6 is 0 Å². The van der Waals surface area contributed by atoms with Gasteiger partial charge in [0.15, 0.2) is 0 Å². The van der Waals surface area contributed by atoms with Gasteiger partial charge >= 0.3 is 0 Å². The van der Waals surface area contributed by atoms with Gasteiger partial charge < -0.3 is 10.1 Å². The molecule has 0 aliphatic carbocycles. The number of carbonyl (C=O) groups excluding carboxylic acids is 1. The highest BCUT2D eigenvalue weighted by Gasteiger charge is 2.23. The van der Waals surface area contributed by atoms with Crippen LogP contribution in [0, 0.1) is 5.82 Å². The number of rotatable bonds is 6. The average Bonchev–Trinajstić information content (AvgIpc) is 3.16. The van der Waals surface area contributed by atoms with E-state index in [9.17, 15) is 17.6 Å². The first-order valence-corrected chi connectivity index (χ1v) is 10.8. The van der Waals surface area contributed by atoms with Crippen molar-refractivity contribution in [3.63, 3.8) is 0 Å². The zero-order chi connectivity index (χ0) is 21.1. The normalized spacial score (nSPS) is 15.2. The molecule has 1 amide bonds. The average molecular weight is 426 g/mol. The number of fused-ring (bicyclic) bond motifs is 1. The van der Waals surface area contributed by atoms with E-state index in [0.29, 0.717) is 17.8 Å². The molecular formula is C22H19FN2O4S. The Morgan fingerprint density at radius 2 is 1.70 bits per heavy atom. The van der Waals surface area contributed by atoms with E-state index in [1.807, 2.05) is 24.3 Å². The molecule has 1 aliphatic heterocycles. The van der Waals surface area contributed by atoms with Crippen molar-refractivity contribution < 1.29 is 22.3 Å². The Morgan fingerprint density at radius 1 is 1.00 bits per heavy atom. The topological polar surface area (TPSA) is 84.5 Å². The first-order chi connectivity index (χ1) is 14.4. The van der Waals surface area contributed by atoms with Crippen molar-refractivity contribution in [2.75, 3.05) is 11.3 Å². The summed E-state index contributed by atoms with van der Waals surface area (Å²) in [4.78, 5) is 12.3. The fraction of sp³-hybridized carbons (Fsp3) is 0.136. The molecule has 3 aromatic rings. The fourth-order valence-electron chi connectivity index (χ4n) is 3.19. The molecule has 0 radical (unpaired) electrons. The summed E-state index contributed by atoms with van der Waals surface area (Å²) in [5.74, 6) is 0.0493. The van der Waals surface area contributed by atoms with Crippen molar-refractivity contribution in [1.82, 2.24) is 5.32 Å². The van der Waals surface area contributed by atoms with E-state index in [1.54, 1.807) is 0 Å². The van der Waals surface area contributed by atoms with Crippen LogP contribution in [0.15, 0.2) is 77.7 Å². The Bertz CT molecular complexity index is 1140. The van der Waals surface area contributed by atoms with Gasteiger partial charge in [-0.05, 0) is 60.2 Å². The summed E-state index contributed by atoms with van der Waals surface area (Å²) in [6.07, 6.45) is 0.619. The Kier molecular flexibility index (Phi) is 5.41. The molecule has 1 unspecified atom stereocenters. The van der Waals surface area contributed by atoms with Crippen LogP contribution in [0.4, 0.5) is 10.1 Å². The monoisotopic (exact) mass is 426 g/mol. The van der Waals surface area contributed by atoms with Gasteiger partial charge in [0.1, 0.15) is 17.7 Å². The lowest BCUT2D eigenvalue weighted by molar-refractivity contribution is 0.0933. The molecule has 154 valence electrons. The number of halogens is 1. The molecule has 0 saturated carbocycles. The minimum atomic E-state index is -3.84. The first kappa shape index (κ1) is 19.9. The second kappa shape index (κ2) is 8.16. The van der Waals surface area contributed by atoms with E-state index >= 15 is 0 Å². The summed E-state index contributed by atoms with van der Waals surface area (Å²) >= 11 is 0. The minimum Gasteiger partial charge on any atom is -0.488 e. The third-order valence-electron chi connectivity index (χ3n) is 4.73. The third-order valence-corrected chi connectivity index (χ3v) is 6.12. The number of carbonyl (C=O) groups is 1. The number of hydrogen-bond acceptors (Lipinski definition) is 4. The van der Waals surface area contributed by atoms with Gasteiger partial charge in [-0.15, -0.1) is 0 Å². The van der Waals surface area contributed by atoms with Crippen molar-refractivity contribution in [1.29, 1.82) is 0 Å². The number of nitrogens with one attached hydrogen (secondary N) is 2. The van der Waals surface area contributed by atoms with Crippen LogP contribution in [0.25, 0.3) is 0 Å². The van der Waals surface area contributed by atoms with Crippen LogP contribution in [0.5, 0.6) is 5.75 Å². The lowest BCUT2D eigenvalue weighted by Gasteiger charge is -2.12. The molecule has 0 aromatic heterocycles. The summed E-state index contributed by atoms with van der Waals surface area (Å²) in [6.45, 7) is 0.368. The summed E-state index contributed by atoms with van der Waals surface area (Å²) in [5, 5.41) is 2.84. The predicted molar refractivity (Wildman–Crippen MR) is 111 cm³/mol. The van der Waals surface area contributed by atoms with Crippen molar-refractivity contribution in [3.05, 3.63) is 89.7 Å². The Morgan fingerprint density at radius 3 is 2.40 bits per heavy atom. The van der Waals surface area contributed by atoms with Gasteiger partial charge in [-0.1, -0.05) is 18.2 Å². The molecule has 30 heavy (non-hydrogen) atoms. The Balaban J connectivity index is 1.34. The summed E-state index contributed by atoms with van der Waals surface area (Å²) in [6, 6.07) is 18.3. The number of amides is 1. The van der Waals surface area contributed by atoms with Crippen LogP contribution in [-0.4, -0.2) is 27.0 Å². The zero-order valence-corrected chi connectivity index (χ0v) is 16.7. The molecule has 8 heteroatoms. The lowest BCUT2D eigenvalue weighted by Crippen LogP contribution is -2.34. The molecule has 4 rings (SSSR count). The van der Waals surface area contributed by atoms with Crippen molar-refractivity contribution >= 4 is 21.6 Å². The molecule has 0 fully saturated rings.